The summed E-state index contributed by atoms with van der Waals surface area (Å²) in [5, 5.41) is 10.4. The van der Waals surface area contributed by atoms with Crippen LogP contribution in [0.2, 0.25) is 0 Å². The molecule has 0 fully saturated rings. The first kappa shape index (κ1) is 16.7. The highest BCUT2D eigenvalue weighted by molar-refractivity contribution is 5.78. The number of fused-ring (bicyclic) bond motifs is 1. The van der Waals surface area contributed by atoms with Crippen LogP contribution in [0.1, 0.15) is 42.5 Å². The van der Waals surface area contributed by atoms with Gasteiger partial charge in [-0.1, -0.05) is 18.2 Å². The molecule has 2 aromatic rings. The maximum Gasteiger partial charge on any atom is 0.234 e. The molecule has 2 N–H and O–H groups in total. The molecule has 0 unspecified atom stereocenters. The molecule has 5 heteroatoms. The Hall–Kier alpha value is -2.14. The highest BCUT2D eigenvalue weighted by atomic mass is 16.1. The average molecular weight is 326 g/mol. The fourth-order valence-corrected chi connectivity index (χ4v) is 3.23. The Morgan fingerprint density at radius 1 is 1.29 bits per heavy atom. The van der Waals surface area contributed by atoms with Gasteiger partial charge in [0.2, 0.25) is 5.91 Å². The first-order valence-electron chi connectivity index (χ1n) is 8.81. The van der Waals surface area contributed by atoms with Gasteiger partial charge in [-0.2, -0.15) is 5.10 Å². The smallest absolute Gasteiger partial charge is 0.234 e. The van der Waals surface area contributed by atoms with Crippen molar-refractivity contribution in [3.05, 3.63) is 53.3 Å². The number of nitrogens with one attached hydrogen (secondary N) is 2. The van der Waals surface area contributed by atoms with Crippen molar-refractivity contribution in [2.24, 2.45) is 0 Å². The van der Waals surface area contributed by atoms with Gasteiger partial charge in [0.25, 0.3) is 0 Å². The summed E-state index contributed by atoms with van der Waals surface area (Å²) in [6, 6.07) is 8.59. The van der Waals surface area contributed by atoms with Crippen LogP contribution in [0.15, 0.2) is 36.7 Å². The van der Waals surface area contributed by atoms with Gasteiger partial charge in [-0.15, -0.1) is 0 Å². The van der Waals surface area contributed by atoms with Crippen molar-refractivity contribution in [3.63, 3.8) is 0 Å². The molecule has 1 amide bonds. The summed E-state index contributed by atoms with van der Waals surface area (Å²) in [5.41, 5.74) is 4.13. The molecular formula is C19H26N4O. The first-order chi connectivity index (χ1) is 11.7. The van der Waals surface area contributed by atoms with Gasteiger partial charge in [-0.25, -0.2) is 0 Å². The van der Waals surface area contributed by atoms with Gasteiger partial charge in [-0.3, -0.25) is 9.48 Å². The summed E-state index contributed by atoms with van der Waals surface area (Å²) < 4.78 is 1.85. The van der Waals surface area contributed by atoms with Crippen molar-refractivity contribution in [3.8, 4) is 0 Å². The maximum absolute atomic E-state index is 12.1. The molecule has 0 spiro atoms. The Morgan fingerprint density at radius 3 is 2.92 bits per heavy atom. The lowest BCUT2D eigenvalue weighted by Gasteiger charge is -2.20. The number of carbonyl (C=O) groups is 1. The molecule has 1 aromatic carbocycles. The van der Waals surface area contributed by atoms with E-state index in [9.17, 15) is 4.79 Å². The van der Waals surface area contributed by atoms with Crippen LogP contribution in [0, 0.1) is 0 Å². The Bertz CT molecular complexity index is 666. The van der Waals surface area contributed by atoms with Crippen LogP contribution in [-0.2, 0) is 24.2 Å². The molecular weight excluding hydrogens is 300 g/mol. The number of hydrogen-bond donors (Lipinski definition) is 2. The summed E-state index contributed by atoms with van der Waals surface area (Å²) in [6.07, 6.45) is 8.60. The quantitative estimate of drug-likeness (QED) is 0.767. The standard InChI is InChI=1S/C19H26N4O/c1-15(17-8-7-16-5-2-3-6-18(16)13-17)22-19(24)14-20-10-12-23-11-4-9-21-23/h4,7-9,11,13,15,20H,2-3,5-6,10,12,14H2,1H3,(H,22,24)/t15-/m1/s1. The Kier molecular flexibility index (Phi) is 5.64. The summed E-state index contributed by atoms with van der Waals surface area (Å²) in [4.78, 5) is 12.1. The van der Waals surface area contributed by atoms with Gasteiger partial charge in [0.1, 0.15) is 0 Å². The molecule has 0 saturated heterocycles. The number of carbonyl (C=O) groups excluding carboxylic acids is 1. The molecule has 5 nitrogen and oxygen atoms in total. The Morgan fingerprint density at radius 2 is 2.12 bits per heavy atom. The van der Waals surface area contributed by atoms with Gasteiger partial charge in [-0.05, 0) is 55.4 Å². The van der Waals surface area contributed by atoms with E-state index in [4.69, 9.17) is 0 Å². The van der Waals surface area contributed by atoms with E-state index in [2.05, 4.69) is 33.9 Å². The SMILES string of the molecule is C[C@@H](NC(=O)CNCCn1cccn1)c1ccc2c(c1)CCCC2. The monoisotopic (exact) mass is 326 g/mol. The van der Waals surface area contributed by atoms with Crippen molar-refractivity contribution in [2.75, 3.05) is 13.1 Å². The van der Waals surface area contributed by atoms with Crippen molar-refractivity contribution >= 4 is 5.91 Å². The van der Waals surface area contributed by atoms with E-state index in [0.29, 0.717) is 6.54 Å². The molecule has 0 radical (unpaired) electrons. The third-order valence-corrected chi connectivity index (χ3v) is 4.61. The van der Waals surface area contributed by atoms with Crippen LogP contribution >= 0.6 is 0 Å². The molecule has 0 saturated carbocycles. The third kappa shape index (κ3) is 4.45. The third-order valence-electron chi connectivity index (χ3n) is 4.61. The number of hydrogen-bond acceptors (Lipinski definition) is 3. The summed E-state index contributed by atoms with van der Waals surface area (Å²) in [7, 11) is 0. The minimum atomic E-state index is 0.0284. The van der Waals surface area contributed by atoms with E-state index in [-0.39, 0.29) is 11.9 Å². The number of aryl methyl sites for hydroxylation is 2. The Balaban J connectivity index is 1.43. The van der Waals surface area contributed by atoms with Crippen LogP contribution in [-0.4, -0.2) is 28.8 Å². The lowest BCUT2D eigenvalue weighted by molar-refractivity contribution is -0.120. The van der Waals surface area contributed by atoms with E-state index in [1.54, 1.807) is 6.20 Å². The van der Waals surface area contributed by atoms with E-state index in [0.717, 1.165) is 13.1 Å². The summed E-state index contributed by atoms with van der Waals surface area (Å²) >= 11 is 0. The fourth-order valence-electron chi connectivity index (χ4n) is 3.23. The van der Waals surface area contributed by atoms with E-state index < -0.39 is 0 Å². The van der Waals surface area contributed by atoms with Crippen LogP contribution in [0.25, 0.3) is 0 Å². The summed E-state index contributed by atoms with van der Waals surface area (Å²) in [6.45, 7) is 3.87. The predicted octanol–water partition coefficient (Wildman–Crippen LogP) is 2.23. The summed E-state index contributed by atoms with van der Waals surface area (Å²) in [5.74, 6) is 0.0284. The van der Waals surface area contributed by atoms with Crippen LogP contribution in [0.5, 0.6) is 0 Å². The minimum absolute atomic E-state index is 0.0284. The predicted molar refractivity (Wildman–Crippen MR) is 94.7 cm³/mol. The highest BCUT2D eigenvalue weighted by Crippen LogP contribution is 2.24. The van der Waals surface area contributed by atoms with Gasteiger partial charge in [0.15, 0.2) is 0 Å². The maximum atomic E-state index is 12.1. The molecule has 1 aliphatic rings. The average Bonchev–Trinajstić information content (AvgIpc) is 3.11. The second kappa shape index (κ2) is 8.11. The number of aromatic nitrogens is 2. The van der Waals surface area contributed by atoms with Crippen molar-refractivity contribution in [2.45, 2.75) is 45.2 Å². The topological polar surface area (TPSA) is 59.0 Å². The molecule has 128 valence electrons. The first-order valence-corrected chi connectivity index (χ1v) is 8.81. The number of rotatable bonds is 7. The van der Waals surface area contributed by atoms with Crippen LogP contribution in [0.3, 0.4) is 0 Å². The van der Waals surface area contributed by atoms with Crippen LogP contribution in [0.4, 0.5) is 0 Å². The van der Waals surface area contributed by atoms with Crippen molar-refractivity contribution < 1.29 is 4.79 Å². The van der Waals surface area contributed by atoms with Crippen molar-refractivity contribution in [1.29, 1.82) is 0 Å². The van der Waals surface area contributed by atoms with Gasteiger partial charge in [0, 0.05) is 18.9 Å². The molecule has 0 aliphatic heterocycles. The largest absolute Gasteiger partial charge is 0.348 e. The second-order valence-electron chi connectivity index (χ2n) is 6.47. The molecule has 1 aromatic heterocycles. The number of amides is 1. The number of benzene rings is 1. The van der Waals surface area contributed by atoms with E-state index >= 15 is 0 Å². The molecule has 1 aliphatic carbocycles. The van der Waals surface area contributed by atoms with Gasteiger partial charge in [0.05, 0.1) is 19.1 Å². The second-order valence-corrected chi connectivity index (χ2v) is 6.47. The van der Waals surface area contributed by atoms with E-state index in [1.807, 2.05) is 23.9 Å². The highest BCUT2D eigenvalue weighted by Gasteiger charge is 2.13. The lowest BCUT2D eigenvalue weighted by atomic mass is 9.89. The zero-order valence-corrected chi connectivity index (χ0v) is 14.3. The van der Waals surface area contributed by atoms with Gasteiger partial charge < -0.3 is 10.6 Å². The molecule has 1 atom stereocenters. The van der Waals surface area contributed by atoms with E-state index in [1.165, 1.54) is 42.4 Å². The van der Waals surface area contributed by atoms with Crippen molar-refractivity contribution in [1.82, 2.24) is 20.4 Å². The van der Waals surface area contributed by atoms with Gasteiger partial charge >= 0.3 is 0 Å². The molecule has 24 heavy (non-hydrogen) atoms. The molecule has 3 rings (SSSR count). The normalized spacial score (nSPS) is 14.9. The molecule has 0 bridgehead atoms. The Labute approximate surface area is 143 Å². The zero-order valence-electron chi connectivity index (χ0n) is 14.3. The van der Waals surface area contributed by atoms with Crippen LogP contribution < -0.4 is 10.6 Å². The number of nitrogens with zero attached hydrogens (tertiary/aromatic N) is 2. The zero-order chi connectivity index (χ0) is 16.8. The minimum Gasteiger partial charge on any atom is -0.348 e. The lowest BCUT2D eigenvalue weighted by Crippen LogP contribution is -2.36. The fraction of sp³-hybridized carbons (Fsp3) is 0.474. The molecule has 1 heterocycles.